The first-order valence-corrected chi connectivity index (χ1v) is 9.97. The predicted molar refractivity (Wildman–Crippen MR) is 116 cm³/mol. The fourth-order valence-electron chi connectivity index (χ4n) is 2.62. The van der Waals surface area contributed by atoms with Gasteiger partial charge in [-0.2, -0.15) is 0 Å². The molecule has 1 aliphatic rings. The number of nitrogens with one attached hydrogen (secondary N) is 1. The maximum absolute atomic E-state index is 12.2. The van der Waals surface area contributed by atoms with E-state index in [0.717, 1.165) is 11.3 Å². The van der Waals surface area contributed by atoms with Crippen LogP contribution in [0.15, 0.2) is 68.9 Å². The number of carbonyl (C=O) groups is 1. The molecular weight excluding hydrogens is 415 g/mol. The van der Waals surface area contributed by atoms with Gasteiger partial charge in [-0.1, -0.05) is 47.0 Å². The van der Waals surface area contributed by atoms with Crippen LogP contribution in [0.2, 0.25) is 10.0 Å². The van der Waals surface area contributed by atoms with Crippen LogP contribution in [-0.2, 0) is 4.79 Å². The van der Waals surface area contributed by atoms with Crippen LogP contribution in [0.1, 0.15) is 11.3 Å². The molecule has 28 heavy (non-hydrogen) atoms. The molecule has 1 fully saturated rings. The third-order valence-corrected chi connectivity index (χ3v) is 5.76. The molecule has 1 amide bonds. The Hall–Kier alpha value is -2.47. The lowest BCUT2D eigenvalue weighted by molar-refractivity contribution is -0.115. The van der Waals surface area contributed by atoms with E-state index in [9.17, 15) is 4.79 Å². The van der Waals surface area contributed by atoms with E-state index < -0.39 is 0 Å². The third-order valence-electron chi connectivity index (χ3n) is 4.03. The molecule has 0 spiro atoms. The lowest BCUT2D eigenvalue weighted by Gasteiger charge is -2.01. The first kappa shape index (κ1) is 18.9. The summed E-state index contributed by atoms with van der Waals surface area (Å²) in [5, 5.41) is 4.19. The lowest BCUT2D eigenvalue weighted by Crippen LogP contribution is -2.19. The highest BCUT2D eigenvalue weighted by Gasteiger charge is 2.24. The second-order valence-electron chi connectivity index (χ2n) is 6.12. The maximum atomic E-state index is 12.2. The van der Waals surface area contributed by atoms with Gasteiger partial charge in [-0.05, 0) is 55.1 Å². The van der Waals surface area contributed by atoms with Crippen LogP contribution >= 0.6 is 35.0 Å². The van der Waals surface area contributed by atoms with Gasteiger partial charge in [0.2, 0.25) is 0 Å². The number of amidine groups is 1. The SMILES string of the molecule is Cc1ccc(N=C2NC(=O)/C(=C/c3ccc(-c4cccc(Cl)c4Cl)o3)S2)cc1. The number of hydrogen-bond acceptors (Lipinski definition) is 4. The first-order chi connectivity index (χ1) is 13.5. The van der Waals surface area contributed by atoms with Gasteiger partial charge in [0.15, 0.2) is 5.17 Å². The van der Waals surface area contributed by atoms with Gasteiger partial charge in [-0.3, -0.25) is 4.79 Å². The molecule has 0 aliphatic carbocycles. The largest absolute Gasteiger partial charge is 0.457 e. The van der Waals surface area contributed by atoms with Gasteiger partial charge in [-0.25, -0.2) is 4.99 Å². The molecule has 2 aromatic carbocycles. The zero-order valence-corrected chi connectivity index (χ0v) is 17.0. The van der Waals surface area contributed by atoms with E-state index in [1.165, 1.54) is 11.8 Å². The van der Waals surface area contributed by atoms with Crippen molar-refractivity contribution in [2.45, 2.75) is 6.92 Å². The number of furan rings is 1. The predicted octanol–water partition coefficient (Wildman–Crippen LogP) is 6.45. The number of thioether (sulfide) groups is 1. The Balaban J connectivity index is 1.56. The van der Waals surface area contributed by atoms with E-state index >= 15 is 0 Å². The van der Waals surface area contributed by atoms with Crippen LogP contribution in [-0.4, -0.2) is 11.1 Å². The van der Waals surface area contributed by atoms with Crippen molar-refractivity contribution in [1.82, 2.24) is 5.32 Å². The number of hydrogen-bond donors (Lipinski definition) is 1. The first-order valence-electron chi connectivity index (χ1n) is 8.40. The molecule has 0 radical (unpaired) electrons. The van der Waals surface area contributed by atoms with E-state index in [4.69, 9.17) is 27.6 Å². The smallest absolute Gasteiger partial charge is 0.264 e. The topological polar surface area (TPSA) is 54.6 Å². The minimum atomic E-state index is -0.213. The molecule has 2 heterocycles. The molecule has 4 rings (SSSR count). The summed E-state index contributed by atoms with van der Waals surface area (Å²) in [7, 11) is 0. The molecule has 140 valence electrons. The minimum absolute atomic E-state index is 0.213. The minimum Gasteiger partial charge on any atom is -0.457 e. The van der Waals surface area contributed by atoms with Crippen molar-refractivity contribution < 1.29 is 9.21 Å². The second kappa shape index (κ2) is 7.87. The molecule has 4 nitrogen and oxygen atoms in total. The van der Waals surface area contributed by atoms with Gasteiger partial charge in [-0.15, -0.1) is 0 Å². The second-order valence-corrected chi connectivity index (χ2v) is 7.94. The van der Waals surface area contributed by atoms with Gasteiger partial charge < -0.3 is 9.73 Å². The van der Waals surface area contributed by atoms with Crippen molar-refractivity contribution in [3.05, 3.63) is 80.9 Å². The van der Waals surface area contributed by atoms with Crippen molar-refractivity contribution in [2.24, 2.45) is 4.99 Å². The van der Waals surface area contributed by atoms with Crippen LogP contribution in [0.3, 0.4) is 0 Å². The number of aliphatic imine (C=N–C) groups is 1. The average molecular weight is 429 g/mol. The number of nitrogens with zero attached hydrogens (tertiary/aromatic N) is 1. The zero-order valence-electron chi connectivity index (χ0n) is 14.7. The highest BCUT2D eigenvalue weighted by molar-refractivity contribution is 8.18. The summed E-state index contributed by atoms with van der Waals surface area (Å²) >= 11 is 13.6. The summed E-state index contributed by atoms with van der Waals surface area (Å²) < 4.78 is 5.83. The molecule has 3 aromatic rings. The van der Waals surface area contributed by atoms with Crippen molar-refractivity contribution in [2.75, 3.05) is 0 Å². The summed E-state index contributed by atoms with van der Waals surface area (Å²) in [6, 6.07) is 16.7. The Bertz CT molecular complexity index is 1120. The number of amides is 1. The monoisotopic (exact) mass is 428 g/mol. The Morgan fingerprint density at radius 1 is 1.07 bits per heavy atom. The van der Waals surface area contributed by atoms with Crippen molar-refractivity contribution in [3.8, 4) is 11.3 Å². The van der Waals surface area contributed by atoms with Gasteiger partial charge in [0.1, 0.15) is 11.5 Å². The molecule has 1 saturated heterocycles. The Labute approximate surface area is 176 Å². The molecule has 1 N–H and O–H groups in total. The van der Waals surface area contributed by atoms with E-state index in [1.807, 2.05) is 37.3 Å². The number of carbonyl (C=O) groups excluding carboxylic acids is 1. The molecule has 0 atom stereocenters. The molecule has 1 aromatic heterocycles. The Morgan fingerprint density at radius 3 is 2.64 bits per heavy atom. The van der Waals surface area contributed by atoms with Crippen LogP contribution in [0, 0.1) is 6.92 Å². The van der Waals surface area contributed by atoms with E-state index in [2.05, 4.69) is 10.3 Å². The molecular formula is C21H14Cl2N2O2S. The van der Waals surface area contributed by atoms with Crippen LogP contribution in [0.5, 0.6) is 0 Å². The van der Waals surface area contributed by atoms with Crippen molar-refractivity contribution in [1.29, 1.82) is 0 Å². The van der Waals surface area contributed by atoms with Crippen LogP contribution in [0.25, 0.3) is 17.4 Å². The molecule has 0 bridgehead atoms. The molecule has 1 aliphatic heterocycles. The Kier molecular flexibility index (Phi) is 5.31. The maximum Gasteiger partial charge on any atom is 0.264 e. The van der Waals surface area contributed by atoms with Gasteiger partial charge in [0.05, 0.1) is 20.6 Å². The number of aryl methyl sites for hydroxylation is 1. The van der Waals surface area contributed by atoms with E-state index in [1.54, 1.807) is 30.3 Å². The highest BCUT2D eigenvalue weighted by Crippen LogP contribution is 2.35. The zero-order chi connectivity index (χ0) is 19.7. The van der Waals surface area contributed by atoms with Crippen LogP contribution in [0.4, 0.5) is 5.69 Å². The molecule has 7 heteroatoms. The standard InChI is InChI=1S/C21H14Cl2N2O2S/c1-12-5-7-13(8-6-12)24-21-25-20(26)18(28-21)11-14-9-10-17(27-14)15-3-2-4-16(22)19(15)23/h2-11H,1H3,(H,24,25,26)/b18-11-. The number of rotatable bonds is 3. The lowest BCUT2D eigenvalue weighted by atomic mass is 10.2. The molecule has 0 unspecified atom stereocenters. The summed E-state index contributed by atoms with van der Waals surface area (Å²) in [6.07, 6.45) is 1.68. The summed E-state index contributed by atoms with van der Waals surface area (Å²) in [6.45, 7) is 2.01. The molecule has 0 saturated carbocycles. The van der Waals surface area contributed by atoms with Crippen LogP contribution < -0.4 is 5.32 Å². The van der Waals surface area contributed by atoms with E-state index in [-0.39, 0.29) is 5.91 Å². The summed E-state index contributed by atoms with van der Waals surface area (Å²) in [5.74, 6) is 0.908. The van der Waals surface area contributed by atoms with Crippen molar-refractivity contribution in [3.63, 3.8) is 0 Å². The fraction of sp³-hybridized carbons (Fsp3) is 0.0476. The quantitative estimate of drug-likeness (QED) is 0.487. The normalized spacial score (nSPS) is 16.8. The van der Waals surface area contributed by atoms with E-state index in [0.29, 0.717) is 37.2 Å². The highest BCUT2D eigenvalue weighted by atomic mass is 35.5. The number of benzene rings is 2. The fourth-order valence-corrected chi connectivity index (χ4v) is 3.83. The number of halogens is 2. The van der Waals surface area contributed by atoms with Gasteiger partial charge in [0.25, 0.3) is 5.91 Å². The third kappa shape index (κ3) is 4.02. The van der Waals surface area contributed by atoms with Gasteiger partial charge in [0, 0.05) is 11.6 Å². The summed E-state index contributed by atoms with van der Waals surface area (Å²) in [5.41, 5.74) is 2.63. The van der Waals surface area contributed by atoms with Crippen molar-refractivity contribution >= 4 is 57.8 Å². The summed E-state index contributed by atoms with van der Waals surface area (Å²) in [4.78, 5) is 17.2. The average Bonchev–Trinajstić information content (AvgIpc) is 3.26. The van der Waals surface area contributed by atoms with Gasteiger partial charge >= 0.3 is 0 Å². The Morgan fingerprint density at radius 2 is 1.86 bits per heavy atom.